The van der Waals surface area contributed by atoms with Crippen molar-refractivity contribution in [1.29, 1.82) is 0 Å². The maximum Gasteiger partial charge on any atom is 0.141 e. The number of aromatic nitrogens is 2. The van der Waals surface area contributed by atoms with Crippen molar-refractivity contribution in [2.75, 3.05) is 38.5 Å². The molecule has 1 aliphatic heterocycles. The first-order valence-corrected chi connectivity index (χ1v) is 15.1. The summed E-state index contributed by atoms with van der Waals surface area (Å²) in [4.78, 5) is 13.6. The number of nitrogens with zero attached hydrogens (tertiary/aromatic N) is 4. The molecule has 2 heterocycles. The number of anilines is 2. The van der Waals surface area contributed by atoms with Crippen molar-refractivity contribution in [2.45, 2.75) is 65.3 Å². The van der Waals surface area contributed by atoms with Gasteiger partial charge in [-0.25, -0.2) is 14.4 Å². The summed E-state index contributed by atoms with van der Waals surface area (Å²) < 4.78 is 13.6. The molecule has 2 aromatic carbocycles. The summed E-state index contributed by atoms with van der Waals surface area (Å²) in [6.45, 7) is 14.7. The highest BCUT2D eigenvalue weighted by Crippen LogP contribution is 2.32. The predicted molar refractivity (Wildman–Crippen MR) is 166 cm³/mol. The molecule has 1 aliphatic carbocycles. The topological polar surface area (TPSA) is 56.3 Å². The average Bonchev–Trinajstić information content (AvgIpc) is 3.28. The highest BCUT2D eigenvalue weighted by molar-refractivity contribution is 6.31. The Hall–Kier alpha value is -2.90. The summed E-state index contributed by atoms with van der Waals surface area (Å²) >= 11 is 5.98. The molecule has 5 rings (SSSR count). The van der Waals surface area contributed by atoms with Crippen LogP contribution in [0.1, 0.15) is 57.1 Å². The van der Waals surface area contributed by atoms with E-state index in [0.29, 0.717) is 23.5 Å². The van der Waals surface area contributed by atoms with Crippen LogP contribution in [0.25, 0.3) is 10.9 Å². The first-order chi connectivity index (χ1) is 19.4. The summed E-state index contributed by atoms with van der Waals surface area (Å²) in [5.41, 5.74) is 4.21. The number of hydrogen-bond donors (Lipinski definition) is 2. The fourth-order valence-corrected chi connectivity index (χ4v) is 5.93. The Morgan fingerprint density at radius 3 is 2.55 bits per heavy atom. The molecule has 0 amide bonds. The monoisotopic (exact) mass is 566 g/mol. The van der Waals surface area contributed by atoms with Crippen LogP contribution in [0.2, 0.25) is 5.02 Å². The minimum Gasteiger partial charge on any atom is -0.360 e. The molecule has 0 bridgehead atoms. The lowest BCUT2D eigenvalue weighted by Gasteiger charge is -2.30. The van der Waals surface area contributed by atoms with E-state index in [0.717, 1.165) is 55.7 Å². The third-order valence-electron chi connectivity index (χ3n) is 8.18. The van der Waals surface area contributed by atoms with Crippen LogP contribution in [0.15, 0.2) is 49.1 Å². The molecule has 2 aliphatic rings. The second-order valence-corrected chi connectivity index (χ2v) is 11.2. The molecule has 0 unspecified atom stereocenters. The molecular formula is C32H44ClFN6. The molecule has 0 spiro atoms. The molecule has 2 fully saturated rings. The Balaban J connectivity index is 0.00000181. The van der Waals surface area contributed by atoms with Gasteiger partial charge < -0.3 is 20.4 Å². The summed E-state index contributed by atoms with van der Waals surface area (Å²) in [6.07, 6.45) is 8.74. The molecule has 1 saturated carbocycles. The molecular weight excluding hydrogens is 523 g/mol. The minimum absolute atomic E-state index is 0.0836. The minimum atomic E-state index is -0.436. The highest BCUT2D eigenvalue weighted by atomic mass is 35.5. The maximum atomic E-state index is 13.6. The molecule has 40 heavy (non-hydrogen) atoms. The van der Waals surface area contributed by atoms with Gasteiger partial charge in [0.2, 0.25) is 0 Å². The lowest BCUT2D eigenvalue weighted by atomic mass is 9.81. The smallest absolute Gasteiger partial charge is 0.141 e. The van der Waals surface area contributed by atoms with Gasteiger partial charge in [0.25, 0.3) is 0 Å². The zero-order valence-electron chi connectivity index (χ0n) is 24.4. The predicted octanol–water partition coefficient (Wildman–Crippen LogP) is 7.30. The van der Waals surface area contributed by atoms with Gasteiger partial charge in [0, 0.05) is 43.8 Å². The molecule has 1 saturated heterocycles. The lowest BCUT2D eigenvalue weighted by Crippen LogP contribution is -2.35. The fraction of sp³-hybridized carbons (Fsp3) is 0.500. The number of nitrogens with one attached hydrogen (secondary N) is 2. The molecule has 216 valence electrons. The van der Waals surface area contributed by atoms with Crippen LogP contribution in [0.3, 0.4) is 0 Å². The van der Waals surface area contributed by atoms with E-state index in [1.54, 1.807) is 18.5 Å². The quantitative estimate of drug-likeness (QED) is 0.265. The Bertz CT molecular complexity index is 1290. The van der Waals surface area contributed by atoms with E-state index in [4.69, 9.17) is 11.6 Å². The van der Waals surface area contributed by atoms with E-state index in [2.05, 4.69) is 63.1 Å². The number of likely N-dealkylation sites (N-methyl/N-ethyl adjacent to an activating group) is 1. The second-order valence-electron chi connectivity index (χ2n) is 10.8. The molecule has 3 aromatic rings. The Kier molecular flexibility index (Phi) is 10.6. The summed E-state index contributed by atoms with van der Waals surface area (Å²) in [7, 11) is 2.12. The Labute approximate surface area is 244 Å². The van der Waals surface area contributed by atoms with Gasteiger partial charge in [0.1, 0.15) is 18.0 Å². The lowest BCUT2D eigenvalue weighted by molar-refractivity contribution is 0.284. The van der Waals surface area contributed by atoms with Crippen LogP contribution in [-0.4, -0.2) is 59.0 Å². The van der Waals surface area contributed by atoms with Crippen LogP contribution in [-0.2, 0) is 6.42 Å². The molecule has 6 nitrogen and oxygen atoms in total. The van der Waals surface area contributed by atoms with Crippen molar-refractivity contribution in [3.63, 3.8) is 0 Å². The van der Waals surface area contributed by atoms with Gasteiger partial charge in [-0.1, -0.05) is 32.0 Å². The second kappa shape index (κ2) is 14.1. The van der Waals surface area contributed by atoms with Crippen molar-refractivity contribution in [2.24, 2.45) is 5.92 Å². The standard InChI is InChI=1S/C30H38ClFN6.C2H6/c1-20-15-29-26(30(35-19-34-29)36-25-9-10-28(32)27(31)18-25)17-23(20)16-22-5-7-24(8-6-22)33-11-4-12-38-14-13-37(3)21(38)2;1-2/h9-10,15,17-19,22,24,33H,2,4-8,11-14,16H2,1,3H3,(H,34,35,36);1-2H3. The SMILES string of the molecule is C=C1N(C)CCN1CCCNC1CCC(Cc2cc3c(Nc4ccc(F)c(Cl)c4)ncnc3cc2C)CC1.CC. The van der Waals surface area contributed by atoms with E-state index in [-0.39, 0.29) is 5.02 Å². The van der Waals surface area contributed by atoms with Crippen molar-refractivity contribution < 1.29 is 4.39 Å². The molecule has 2 N–H and O–H groups in total. The largest absolute Gasteiger partial charge is 0.360 e. The van der Waals surface area contributed by atoms with E-state index in [1.165, 1.54) is 42.9 Å². The van der Waals surface area contributed by atoms with Gasteiger partial charge in [0.15, 0.2) is 0 Å². The third kappa shape index (κ3) is 7.43. The zero-order chi connectivity index (χ0) is 28.6. The highest BCUT2D eigenvalue weighted by Gasteiger charge is 2.23. The molecule has 0 atom stereocenters. The Morgan fingerprint density at radius 2 is 1.85 bits per heavy atom. The van der Waals surface area contributed by atoms with Crippen LogP contribution < -0.4 is 10.6 Å². The molecule has 1 aromatic heterocycles. The number of rotatable bonds is 9. The van der Waals surface area contributed by atoms with Crippen molar-refractivity contribution in [1.82, 2.24) is 25.1 Å². The first kappa shape index (κ1) is 30.1. The summed E-state index contributed by atoms with van der Waals surface area (Å²) in [5.74, 6) is 2.11. The maximum absolute atomic E-state index is 13.6. The molecule has 8 heteroatoms. The van der Waals surface area contributed by atoms with Crippen molar-refractivity contribution >= 4 is 34.0 Å². The van der Waals surface area contributed by atoms with Crippen molar-refractivity contribution in [3.8, 4) is 0 Å². The third-order valence-corrected chi connectivity index (χ3v) is 8.47. The van der Waals surface area contributed by atoms with Gasteiger partial charge in [-0.3, -0.25) is 0 Å². The van der Waals surface area contributed by atoms with E-state index >= 15 is 0 Å². The van der Waals surface area contributed by atoms with Gasteiger partial charge in [0.05, 0.1) is 16.4 Å². The van der Waals surface area contributed by atoms with E-state index in [1.807, 2.05) is 13.8 Å². The van der Waals surface area contributed by atoms with E-state index < -0.39 is 5.82 Å². The number of aryl methyl sites for hydroxylation is 1. The van der Waals surface area contributed by atoms with Gasteiger partial charge in [-0.05, 0) is 99.4 Å². The zero-order valence-corrected chi connectivity index (χ0v) is 25.2. The van der Waals surface area contributed by atoms with E-state index in [9.17, 15) is 4.39 Å². The van der Waals surface area contributed by atoms with Crippen LogP contribution >= 0.6 is 11.6 Å². The van der Waals surface area contributed by atoms with Gasteiger partial charge in [-0.2, -0.15) is 0 Å². The number of halogens is 2. The number of fused-ring (bicyclic) bond motifs is 1. The molecule has 0 radical (unpaired) electrons. The summed E-state index contributed by atoms with van der Waals surface area (Å²) in [5, 5.41) is 8.15. The van der Waals surface area contributed by atoms with Crippen molar-refractivity contribution in [3.05, 3.63) is 71.0 Å². The van der Waals surface area contributed by atoms with Crippen LogP contribution in [0.5, 0.6) is 0 Å². The average molecular weight is 567 g/mol. The van der Waals surface area contributed by atoms with Gasteiger partial charge >= 0.3 is 0 Å². The normalized spacial score (nSPS) is 19.1. The summed E-state index contributed by atoms with van der Waals surface area (Å²) in [6, 6.07) is 9.60. The first-order valence-electron chi connectivity index (χ1n) is 14.7. The van der Waals surface area contributed by atoms with Crippen LogP contribution in [0, 0.1) is 18.7 Å². The van der Waals surface area contributed by atoms with Gasteiger partial charge in [-0.15, -0.1) is 0 Å². The fourth-order valence-electron chi connectivity index (χ4n) is 5.75. The number of benzene rings is 2. The Morgan fingerprint density at radius 1 is 1.07 bits per heavy atom. The van der Waals surface area contributed by atoms with Crippen LogP contribution in [0.4, 0.5) is 15.9 Å². The number of hydrogen-bond acceptors (Lipinski definition) is 6.